The number of ether oxygens (including phenoxy) is 1. The minimum Gasteiger partial charge on any atom is -0.379 e. The number of unbranched alkanes of at least 4 members (excludes halogenated alkanes) is 1. The zero-order valence-electron chi connectivity index (χ0n) is 26.8. The maximum atomic E-state index is 13.6. The van der Waals surface area contributed by atoms with Gasteiger partial charge in [0.25, 0.3) is 0 Å². The number of amides is 2. The number of benzene rings is 1. The maximum Gasteiger partial charge on any atom is 0.246 e. The first-order valence-corrected chi connectivity index (χ1v) is 17.5. The van der Waals surface area contributed by atoms with Crippen molar-refractivity contribution in [3.8, 4) is 5.69 Å². The third kappa shape index (κ3) is 6.31. The number of morpholine rings is 1. The van der Waals surface area contributed by atoms with Crippen molar-refractivity contribution in [3.05, 3.63) is 41.2 Å². The van der Waals surface area contributed by atoms with Gasteiger partial charge in [-0.1, -0.05) is 27.2 Å². The molecule has 44 heavy (non-hydrogen) atoms. The monoisotopic (exact) mass is 628 g/mol. The summed E-state index contributed by atoms with van der Waals surface area (Å²) in [6.45, 7) is 14.6. The molecule has 0 saturated carbocycles. The van der Waals surface area contributed by atoms with Crippen molar-refractivity contribution in [3.63, 3.8) is 0 Å². The van der Waals surface area contributed by atoms with Crippen LogP contribution >= 0.6 is 0 Å². The van der Waals surface area contributed by atoms with Crippen molar-refractivity contribution >= 4 is 21.8 Å². The van der Waals surface area contributed by atoms with Gasteiger partial charge in [0, 0.05) is 50.5 Å². The molecule has 1 aromatic heterocycles. The Morgan fingerprint density at radius 2 is 1.70 bits per heavy atom. The summed E-state index contributed by atoms with van der Waals surface area (Å²) in [6, 6.07) is 6.46. The number of hydrogen-bond donors (Lipinski definition) is 1. The molecule has 3 aliphatic rings. The van der Waals surface area contributed by atoms with Crippen LogP contribution in [0.3, 0.4) is 0 Å². The molecule has 11 nitrogen and oxygen atoms in total. The number of rotatable bonds is 10. The van der Waals surface area contributed by atoms with Crippen LogP contribution in [0.5, 0.6) is 0 Å². The molecule has 1 aromatic carbocycles. The lowest BCUT2D eigenvalue weighted by Gasteiger charge is -2.52. The highest BCUT2D eigenvalue weighted by molar-refractivity contribution is 7.89. The van der Waals surface area contributed by atoms with E-state index in [1.165, 1.54) is 4.31 Å². The molecule has 242 valence electrons. The van der Waals surface area contributed by atoms with Crippen molar-refractivity contribution < 1.29 is 22.7 Å². The highest BCUT2D eigenvalue weighted by atomic mass is 32.2. The number of carbonyl (C=O) groups is 2. The van der Waals surface area contributed by atoms with E-state index < -0.39 is 21.6 Å². The van der Waals surface area contributed by atoms with Crippen LogP contribution in [0.2, 0.25) is 0 Å². The third-order valence-electron chi connectivity index (χ3n) is 9.45. The Kier molecular flexibility index (Phi) is 9.84. The fraction of sp³-hybridized carbons (Fsp3) is 0.656. The van der Waals surface area contributed by atoms with Crippen molar-refractivity contribution in [2.75, 3.05) is 45.9 Å². The molecule has 0 unspecified atom stereocenters. The van der Waals surface area contributed by atoms with Crippen molar-refractivity contribution in [2.45, 2.75) is 89.7 Å². The van der Waals surface area contributed by atoms with Crippen LogP contribution in [0, 0.1) is 19.8 Å². The van der Waals surface area contributed by atoms with Crippen LogP contribution in [0.15, 0.2) is 29.2 Å². The lowest BCUT2D eigenvalue weighted by atomic mass is 9.80. The normalized spacial score (nSPS) is 21.8. The second-order valence-corrected chi connectivity index (χ2v) is 14.8. The molecule has 2 amide bonds. The van der Waals surface area contributed by atoms with Crippen LogP contribution in [-0.4, -0.2) is 102 Å². The van der Waals surface area contributed by atoms with E-state index in [-0.39, 0.29) is 16.7 Å². The minimum absolute atomic E-state index is 0.00207. The molecule has 1 spiro atoms. The first-order chi connectivity index (χ1) is 21.0. The Morgan fingerprint density at radius 3 is 2.32 bits per heavy atom. The summed E-state index contributed by atoms with van der Waals surface area (Å²) in [7, 11) is -3.57. The average molecular weight is 629 g/mol. The predicted molar refractivity (Wildman–Crippen MR) is 168 cm³/mol. The fourth-order valence-corrected chi connectivity index (χ4v) is 8.21. The van der Waals surface area contributed by atoms with E-state index in [4.69, 9.17) is 9.84 Å². The predicted octanol–water partition coefficient (Wildman–Crippen LogP) is 3.02. The second kappa shape index (κ2) is 13.3. The van der Waals surface area contributed by atoms with Gasteiger partial charge in [-0.25, -0.2) is 13.1 Å². The summed E-state index contributed by atoms with van der Waals surface area (Å²) < 4.78 is 34.8. The molecule has 3 fully saturated rings. The van der Waals surface area contributed by atoms with Crippen LogP contribution in [0.4, 0.5) is 0 Å². The molecule has 0 bridgehead atoms. The molecule has 1 N–H and O–H groups in total. The molecule has 1 atom stereocenters. The van der Waals surface area contributed by atoms with Gasteiger partial charge in [-0.05, 0) is 69.7 Å². The Morgan fingerprint density at radius 1 is 1.05 bits per heavy atom. The van der Waals surface area contributed by atoms with Crippen LogP contribution in [-0.2, 0) is 30.9 Å². The number of sulfonamides is 1. The highest BCUT2D eigenvalue weighted by Crippen LogP contribution is 2.35. The smallest absolute Gasteiger partial charge is 0.246 e. The summed E-state index contributed by atoms with van der Waals surface area (Å²) in [5, 5.41) is 7.90. The third-order valence-corrected chi connectivity index (χ3v) is 11.4. The summed E-state index contributed by atoms with van der Waals surface area (Å²) >= 11 is 0. The zero-order chi connectivity index (χ0) is 31.6. The van der Waals surface area contributed by atoms with Gasteiger partial charge in [-0.2, -0.15) is 9.40 Å². The molecule has 2 aromatic rings. The molecule has 0 aliphatic carbocycles. The summed E-state index contributed by atoms with van der Waals surface area (Å²) in [6.07, 6.45) is 3.72. The number of carbonyl (C=O) groups excluding carboxylic acids is 2. The number of aryl methyl sites for hydroxylation is 1. The number of nitrogens with one attached hydrogen (secondary N) is 1. The van der Waals surface area contributed by atoms with Gasteiger partial charge in [0.1, 0.15) is 11.6 Å². The standard InChI is InChI=1S/C32H48N6O5S/c1-6-7-14-37-30(39)29(21-23(2)3)33-31(40)32(37)12-15-35(16-13-32)22-28-24(4)34-38(25(28)5)26-8-10-27(11-9-26)44(41,42)36-17-19-43-20-18-36/h8-11,23,29H,6-7,12-22H2,1-5H3,(H,33,40)/t29-/m0/s1. The molecule has 12 heteroatoms. The second-order valence-electron chi connectivity index (χ2n) is 12.9. The van der Waals surface area contributed by atoms with Gasteiger partial charge < -0.3 is 15.0 Å². The zero-order valence-corrected chi connectivity index (χ0v) is 27.7. The Balaban J connectivity index is 1.28. The molecular weight excluding hydrogens is 580 g/mol. The van der Waals surface area contributed by atoms with Gasteiger partial charge in [0.05, 0.1) is 29.5 Å². The van der Waals surface area contributed by atoms with Crippen LogP contribution in [0.1, 0.15) is 69.8 Å². The molecule has 3 aliphatic heterocycles. The van der Waals surface area contributed by atoms with Gasteiger partial charge in [0.15, 0.2) is 0 Å². The van der Waals surface area contributed by atoms with Gasteiger partial charge in [0.2, 0.25) is 21.8 Å². The van der Waals surface area contributed by atoms with E-state index in [1.54, 1.807) is 24.3 Å². The van der Waals surface area contributed by atoms with E-state index in [1.807, 2.05) is 23.4 Å². The number of aromatic nitrogens is 2. The SMILES string of the molecule is CCCCN1C(=O)[C@H](CC(C)C)NC(=O)C12CCN(Cc1c(C)nn(-c3ccc(S(=O)(=O)N4CCOCC4)cc3)c1C)CC2. The fourth-order valence-electron chi connectivity index (χ4n) is 6.80. The topological polar surface area (TPSA) is 117 Å². The van der Waals surface area contributed by atoms with E-state index in [0.29, 0.717) is 77.7 Å². The highest BCUT2D eigenvalue weighted by Gasteiger charge is 2.53. The van der Waals surface area contributed by atoms with E-state index >= 15 is 0 Å². The number of likely N-dealkylation sites (tertiary alicyclic amines) is 1. The van der Waals surface area contributed by atoms with Gasteiger partial charge in [-0.3, -0.25) is 14.5 Å². The molecule has 0 radical (unpaired) electrons. The number of nitrogens with zero attached hydrogens (tertiary/aromatic N) is 5. The first kappa shape index (κ1) is 32.6. The van der Waals surface area contributed by atoms with Crippen LogP contribution < -0.4 is 5.32 Å². The lowest BCUT2D eigenvalue weighted by molar-refractivity contribution is -0.161. The van der Waals surface area contributed by atoms with Crippen molar-refractivity contribution in [2.24, 2.45) is 5.92 Å². The maximum absolute atomic E-state index is 13.6. The van der Waals surface area contributed by atoms with Gasteiger partial charge >= 0.3 is 0 Å². The molecule has 3 saturated heterocycles. The molecule has 5 rings (SSSR count). The molecule has 4 heterocycles. The minimum atomic E-state index is -3.57. The van der Waals surface area contributed by atoms with E-state index in [9.17, 15) is 18.0 Å². The van der Waals surface area contributed by atoms with Gasteiger partial charge in [-0.15, -0.1) is 0 Å². The first-order valence-electron chi connectivity index (χ1n) is 16.1. The lowest BCUT2D eigenvalue weighted by Crippen LogP contribution is -2.73. The summed E-state index contributed by atoms with van der Waals surface area (Å²) in [5.74, 6) is 0.385. The molecular formula is C32H48N6O5S. The average Bonchev–Trinajstić information content (AvgIpc) is 3.29. The van der Waals surface area contributed by atoms with Crippen molar-refractivity contribution in [1.82, 2.24) is 29.2 Å². The largest absolute Gasteiger partial charge is 0.379 e. The van der Waals surface area contributed by atoms with Crippen molar-refractivity contribution in [1.29, 1.82) is 0 Å². The Hall–Kier alpha value is -2.80. The van der Waals surface area contributed by atoms with Crippen LogP contribution in [0.25, 0.3) is 5.69 Å². The van der Waals surface area contributed by atoms with E-state index in [0.717, 1.165) is 35.5 Å². The number of hydrogen-bond acceptors (Lipinski definition) is 7. The Bertz CT molecular complexity index is 1440. The summed E-state index contributed by atoms with van der Waals surface area (Å²) in [4.78, 5) is 31.7. The summed E-state index contributed by atoms with van der Waals surface area (Å²) in [5.41, 5.74) is 3.05. The number of piperidine rings is 1. The number of piperazine rings is 1. The Labute approximate surface area is 261 Å². The quantitative estimate of drug-likeness (QED) is 0.430. The van der Waals surface area contributed by atoms with E-state index in [2.05, 4.69) is 31.0 Å².